The van der Waals surface area contributed by atoms with Crippen molar-refractivity contribution >= 4 is 29.2 Å². The fourth-order valence-electron chi connectivity index (χ4n) is 2.52. The van der Waals surface area contributed by atoms with Crippen LogP contribution in [0, 0.1) is 5.92 Å². The molecular formula is C15H12ClNO4. The molecule has 5 nitrogen and oxygen atoms in total. The third kappa shape index (κ3) is 2.52. The second-order valence-corrected chi connectivity index (χ2v) is 5.26. The van der Waals surface area contributed by atoms with Crippen LogP contribution in [0.5, 0.6) is 0 Å². The molecule has 1 unspecified atom stereocenters. The van der Waals surface area contributed by atoms with E-state index in [1.54, 1.807) is 6.07 Å². The summed E-state index contributed by atoms with van der Waals surface area (Å²) >= 11 is 5.69. The quantitative estimate of drug-likeness (QED) is 0.926. The highest BCUT2D eigenvalue weighted by Crippen LogP contribution is 2.31. The average molecular weight is 306 g/mol. The molecule has 1 amide bonds. The van der Waals surface area contributed by atoms with Crippen LogP contribution in [0.1, 0.15) is 16.1 Å². The predicted octanol–water partition coefficient (Wildman–Crippen LogP) is 2.84. The molecule has 1 aromatic heterocycles. The molecule has 0 aliphatic carbocycles. The molecule has 108 valence electrons. The lowest BCUT2D eigenvalue weighted by Gasteiger charge is -2.32. The van der Waals surface area contributed by atoms with Crippen molar-refractivity contribution in [3.05, 3.63) is 52.9 Å². The van der Waals surface area contributed by atoms with Crippen LogP contribution in [0.15, 0.2) is 40.8 Å². The van der Waals surface area contributed by atoms with Gasteiger partial charge < -0.3 is 14.4 Å². The summed E-state index contributed by atoms with van der Waals surface area (Å²) in [5, 5.41) is 9.38. The zero-order chi connectivity index (χ0) is 15.0. The van der Waals surface area contributed by atoms with Crippen LogP contribution in [0.3, 0.4) is 0 Å². The highest BCUT2D eigenvalue weighted by atomic mass is 35.5. The second-order valence-electron chi connectivity index (χ2n) is 4.89. The Morgan fingerprint density at radius 2 is 2.00 bits per heavy atom. The summed E-state index contributed by atoms with van der Waals surface area (Å²) in [5.74, 6) is -1.84. The van der Waals surface area contributed by atoms with E-state index < -0.39 is 11.9 Å². The van der Waals surface area contributed by atoms with Gasteiger partial charge in [0, 0.05) is 12.2 Å². The highest BCUT2D eigenvalue weighted by Gasteiger charge is 2.33. The average Bonchev–Trinajstić information content (AvgIpc) is 2.92. The number of halogens is 1. The molecule has 0 radical (unpaired) electrons. The number of nitrogens with zero attached hydrogens (tertiary/aromatic N) is 1. The normalized spacial score (nSPS) is 17.4. The summed E-state index contributed by atoms with van der Waals surface area (Å²) in [7, 11) is 0. The molecular weight excluding hydrogens is 294 g/mol. The number of furan rings is 1. The highest BCUT2D eigenvalue weighted by molar-refractivity contribution is 6.29. The van der Waals surface area contributed by atoms with Gasteiger partial charge in [-0.15, -0.1) is 0 Å². The number of benzene rings is 1. The Morgan fingerprint density at radius 3 is 2.67 bits per heavy atom. The van der Waals surface area contributed by atoms with E-state index in [-0.39, 0.29) is 23.4 Å². The third-order valence-electron chi connectivity index (χ3n) is 3.53. The molecule has 1 aliphatic heterocycles. The Labute approximate surface area is 125 Å². The summed E-state index contributed by atoms with van der Waals surface area (Å²) < 4.78 is 5.14. The first-order valence-corrected chi connectivity index (χ1v) is 6.82. The van der Waals surface area contributed by atoms with E-state index in [9.17, 15) is 14.7 Å². The van der Waals surface area contributed by atoms with Gasteiger partial charge in [-0.1, -0.05) is 18.2 Å². The summed E-state index contributed by atoms with van der Waals surface area (Å²) in [6.45, 7) is 0.115. The fraction of sp³-hybridized carbons (Fsp3) is 0.200. The number of carbonyl (C=O) groups excluding carboxylic acids is 1. The van der Waals surface area contributed by atoms with E-state index in [2.05, 4.69) is 0 Å². The van der Waals surface area contributed by atoms with Crippen molar-refractivity contribution < 1.29 is 19.1 Å². The van der Waals surface area contributed by atoms with Crippen molar-refractivity contribution in [3.8, 4) is 0 Å². The minimum Gasteiger partial charge on any atom is -0.481 e. The van der Waals surface area contributed by atoms with Gasteiger partial charge in [0.1, 0.15) is 0 Å². The zero-order valence-corrected chi connectivity index (χ0v) is 11.7. The van der Waals surface area contributed by atoms with Gasteiger partial charge in [0.2, 0.25) is 0 Å². The minimum atomic E-state index is -0.917. The Kier molecular flexibility index (Phi) is 3.43. The summed E-state index contributed by atoms with van der Waals surface area (Å²) in [5.41, 5.74) is 1.55. The number of para-hydroxylation sites is 1. The number of rotatable bonds is 2. The summed E-state index contributed by atoms with van der Waals surface area (Å²) in [4.78, 5) is 25.3. The van der Waals surface area contributed by atoms with Crippen LogP contribution < -0.4 is 4.90 Å². The van der Waals surface area contributed by atoms with Crippen LogP contribution in [-0.2, 0) is 11.2 Å². The molecule has 2 heterocycles. The van der Waals surface area contributed by atoms with Crippen LogP contribution in [0.25, 0.3) is 0 Å². The second kappa shape index (κ2) is 5.26. The first kappa shape index (κ1) is 13.7. The van der Waals surface area contributed by atoms with Crippen LogP contribution in [0.2, 0.25) is 5.22 Å². The first-order valence-electron chi connectivity index (χ1n) is 6.44. The molecule has 1 N–H and O–H groups in total. The lowest BCUT2D eigenvalue weighted by Crippen LogP contribution is -2.42. The van der Waals surface area contributed by atoms with Gasteiger partial charge in [-0.2, -0.15) is 0 Å². The molecule has 2 aromatic rings. The number of aliphatic carboxylic acids is 1. The molecule has 0 saturated heterocycles. The lowest BCUT2D eigenvalue weighted by atomic mass is 9.92. The van der Waals surface area contributed by atoms with Gasteiger partial charge in [0.25, 0.3) is 5.91 Å². The smallest absolute Gasteiger partial charge is 0.308 e. The number of anilines is 1. The van der Waals surface area contributed by atoms with Crippen LogP contribution in [-0.4, -0.2) is 23.5 Å². The Bertz CT molecular complexity index is 709. The number of fused-ring (bicyclic) bond motifs is 1. The number of amides is 1. The topological polar surface area (TPSA) is 70.8 Å². The number of carboxylic acids is 1. The largest absolute Gasteiger partial charge is 0.481 e. The predicted molar refractivity (Wildman–Crippen MR) is 76.7 cm³/mol. The SMILES string of the molecule is O=C(O)C1Cc2ccccc2N(C(=O)c2ccc(Cl)o2)C1. The molecule has 0 spiro atoms. The fourth-order valence-corrected chi connectivity index (χ4v) is 2.66. The molecule has 0 bridgehead atoms. The van der Waals surface area contributed by atoms with Crippen molar-refractivity contribution in [2.75, 3.05) is 11.4 Å². The Balaban J connectivity index is 2.00. The van der Waals surface area contributed by atoms with E-state index in [4.69, 9.17) is 16.0 Å². The van der Waals surface area contributed by atoms with E-state index >= 15 is 0 Å². The van der Waals surface area contributed by atoms with Gasteiger partial charge in [-0.25, -0.2) is 0 Å². The summed E-state index contributed by atoms with van der Waals surface area (Å²) in [6, 6.07) is 10.2. The third-order valence-corrected chi connectivity index (χ3v) is 3.73. The van der Waals surface area contributed by atoms with Gasteiger partial charge in [-0.3, -0.25) is 9.59 Å². The maximum absolute atomic E-state index is 12.5. The first-order chi connectivity index (χ1) is 10.1. The molecule has 21 heavy (non-hydrogen) atoms. The molecule has 6 heteroatoms. The molecule has 3 rings (SSSR count). The maximum Gasteiger partial charge on any atom is 0.308 e. The molecule has 0 saturated carbocycles. The monoisotopic (exact) mass is 305 g/mol. The zero-order valence-electron chi connectivity index (χ0n) is 11.0. The molecule has 1 aliphatic rings. The minimum absolute atomic E-state index is 0.0980. The molecule has 1 atom stereocenters. The van der Waals surface area contributed by atoms with Crippen molar-refractivity contribution in [2.45, 2.75) is 6.42 Å². The van der Waals surface area contributed by atoms with Crippen molar-refractivity contribution in [1.82, 2.24) is 0 Å². The van der Waals surface area contributed by atoms with Crippen molar-refractivity contribution in [1.29, 1.82) is 0 Å². The van der Waals surface area contributed by atoms with Crippen molar-refractivity contribution in [2.24, 2.45) is 5.92 Å². The number of hydrogen-bond acceptors (Lipinski definition) is 3. The maximum atomic E-state index is 12.5. The van der Waals surface area contributed by atoms with E-state index in [1.807, 2.05) is 18.2 Å². The van der Waals surface area contributed by atoms with Crippen LogP contribution >= 0.6 is 11.6 Å². The number of hydrogen-bond donors (Lipinski definition) is 1. The van der Waals surface area contributed by atoms with Gasteiger partial charge in [0.15, 0.2) is 11.0 Å². The van der Waals surface area contributed by atoms with E-state index in [0.717, 1.165) is 5.56 Å². The van der Waals surface area contributed by atoms with E-state index in [0.29, 0.717) is 12.1 Å². The van der Waals surface area contributed by atoms with Gasteiger partial charge in [-0.05, 0) is 41.8 Å². The Hall–Kier alpha value is -2.27. The van der Waals surface area contributed by atoms with E-state index in [1.165, 1.54) is 17.0 Å². The standard InChI is InChI=1S/C15H12ClNO4/c16-13-6-5-12(21-13)14(18)17-8-10(15(19)20)7-9-3-1-2-4-11(9)17/h1-6,10H,7-8H2,(H,19,20). The Morgan fingerprint density at radius 1 is 1.24 bits per heavy atom. The molecule has 1 aromatic carbocycles. The number of carboxylic acid groups (broad SMARTS) is 1. The van der Waals surface area contributed by atoms with Crippen molar-refractivity contribution in [3.63, 3.8) is 0 Å². The lowest BCUT2D eigenvalue weighted by molar-refractivity contribution is -0.141. The van der Waals surface area contributed by atoms with Crippen LogP contribution in [0.4, 0.5) is 5.69 Å². The van der Waals surface area contributed by atoms with Gasteiger partial charge in [0.05, 0.1) is 5.92 Å². The summed E-state index contributed by atoms with van der Waals surface area (Å²) in [6.07, 6.45) is 0.411. The molecule has 0 fully saturated rings. The van der Waals surface area contributed by atoms with Gasteiger partial charge >= 0.3 is 5.97 Å². The number of carbonyl (C=O) groups is 2.